The van der Waals surface area contributed by atoms with Crippen molar-refractivity contribution in [1.29, 1.82) is 0 Å². The molecule has 3 aliphatic rings. The number of nitrogens with zero attached hydrogens (tertiary/aromatic N) is 4. The van der Waals surface area contributed by atoms with Crippen LogP contribution in [0.5, 0.6) is 0 Å². The van der Waals surface area contributed by atoms with E-state index < -0.39 is 0 Å². The summed E-state index contributed by atoms with van der Waals surface area (Å²) in [5, 5.41) is 2.53. The maximum Gasteiger partial charge on any atom is 0.294 e. The fraction of sp³-hybridized carbons (Fsp3) is 0. The van der Waals surface area contributed by atoms with Crippen LogP contribution in [0.1, 0.15) is 0 Å². The van der Waals surface area contributed by atoms with Gasteiger partial charge in [0.1, 0.15) is 0 Å². The Labute approximate surface area is 260 Å². The Balaban J connectivity index is 1.42. The van der Waals surface area contributed by atoms with E-state index in [9.17, 15) is 0 Å². The molecule has 3 aliphatic heterocycles. The van der Waals surface area contributed by atoms with Gasteiger partial charge in [0.25, 0.3) is 6.71 Å². The van der Waals surface area contributed by atoms with E-state index in [-0.39, 0.29) is 6.71 Å². The highest BCUT2D eigenvalue weighted by Crippen LogP contribution is 2.50. The number of anilines is 6. The lowest BCUT2D eigenvalue weighted by molar-refractivity contribution is 1.09. The fourth-order valence-corrected chi connectivity index (χ4v) is 8.41. The van der Waals surface area contributed by atoms with Gasteiger partial charge in [-0.1, -0.05) is 91.0 Å². The zero-order chi connectivity index (χ0) is 29.2. The number of benzene rings is 6. The van der Waals surface area contributed by atoms with Gasteiger partial charge in [-0.2, -0.15) is 0 Å². The van der Waals surface area contributed by atoms with Crippen LogP contribution in [-0.2, 0) is 0 Å². The third kappa shape index (κ3) is 2.80. The van der Waals surface area contributed by atoms with Crippen molar-refractivity contribution >= 4 is 79.3 Å². The third-order valence-electron chi connectivity index (χ3n) is 9.98. The van der Waals surface area contributed by atoms with Gasteiger partial charge in [-0.15, -0.1) is 0 Å². The van der Waals surface area contributed by atoms with Crippen LogP contribution >= 0.6 is 0 Å². The van der Waals surface area contributed by atoms with Crippen molar-refractivity contribution in [3.05, 3.63) is 152 Å². The molecule has 0 bridgehead atoms. The number of rotatable bonds is 2. The molecular weight excluding hydrogens is 547 g/mol. The Hall–Kier alpha value is -5.94. The van der Waals surface area contributed by atoms with Crippen LogP contribution in [0.15, 0.2) is 152 Å². The van der Waals surface area contributed by atoms with Crippen molar-refractivity contribution in [2.45, 2.75) is 0 Å². The normalized spacial score (nSPS) is 13.6. The van der Waals surface area contributed by atoms with Gasteiger partial charge in [-0.05, 0) is 66.1 Å². The van der Waals surface area contributed by atoms with Crippen LogP contribution in [0.3, 0.4) is 0 Å². The molecule has 2 aromatic heterocycles. The molecule has 5 heterocycles. The summed E-state index contributed by atoms with van der Waals surface area (Å²) < 4.78 is 5.12. The van der Waals surface area contributed by atoms with Crippen LogP contribution in [0.4, 0.5) is 34.1 Å². The van der Waals surface area contributed by atoms with Gasteiger partial charge in [-0.25, -0.2) is 0 Å². The van der Waals surface area contributed by atoms with Crippen molar-refractivity contribution in [3.8, 4) is 11.4 Å². The van der Waals surface area contributed by atoms with Crippen molar-refractivity contribution in [1.82, 2.24) is 9.13 Å². The van der Waals surface area contributed by atoms with E-state index >= 15 is 0 Å². The van der Waals surface area contributed by atoms with Crippen LogP contribution in [-0.4, -0.2) is 15.8 Å². The van der Waals surface area contributed by atoms with Gasteiger partial charge in [0.15, 0.2) is 0 Å². The summed E-state index contributed by atoms with van der Waals surface area (Å²) in [5.41, 5.74) is 16.2. The molecule has 11 rings (SSSR count). The molecule has 0 saturated heterocycles. The molecule has 8 aromatic rings. The van der Waals surface area contributed by atoms with E-state index in [4.69, 9.17) is 0 Å². The predicted octanol–water partition coefficient (Wildman–Crippen LogP) is 7.97. The second-order valence-electron chi connectivity index (χ2n) is 12.1. The Morgan fingerprint density at radius 3 is 1.24 bits per heavy atom. The lowest BCUT2D eigenvalue weighted by atomic mass is 9.36. The number of hydrogen-bond donors (Lipinski definition) is 0. The molecule has 0 N–H and O–H groups in total. The maximum atomic E-state index is 2.56. The predicted molar refractivity (Wildman–Crippen MR) is 188 cm³/mol. The summed E-state index contributed by atoms with van der Waals surface area (Å²) in [7, 11) is 0. The lowest BCUT2D eigenvalue weighted by Crippen LogP contribution is -2.63. The molecule has 6 aromatic carbocycles. The SMILES string of the molecule is c1ccc(N2c3cccc4c3B3c5c2c2ccccc2n5-c2ccccc2-n2c3c(c3ccccc32)N4c2ccccc2)cc1. The second-order valence-corrected chi connectivity index (χ2v) is 12.1. The summed E-state index contributed by atoms with van der Waals surface area (Å²) >= 11 is 0. The lowest BCUT2D eigenvalue weighted by Gasteiger charge is -2.42. The van der Waals surface area contributed by atoms with Crippen molar-refractivity contribution in [2.75, 3.05) is 9.80 Å². The molecule has 0 unspecified atom stereocenters. The van der Waals surface area contributed by atoms with Crippen LogP contribution in [0, 0.1) is 0 Å². The standard InChI is InChI=1S/C40H25BN4/c1-3-14-26(15-4-1)42-34-24-13-25-35-36(34)41-39-37(42)28-18-7-9-20-30(28)44(39)32-22-11-12-23-33(32)45-31-21-10-8-19-29(31)38(40(41)45)43(35)27-16-5-2-6-17-27/h1-25H. The first-order valence-corrected chi connectivity index (χ1v) is 15.6. The smallest absolute Gasteiger partial charge is 0.294 e. The van der Waals surface area contributed by atoms with Gasteiger partial charge >= 0.3 is 0 Å². The molecule has 208 valence electrons. The Morgan fingerprint density at radius 1 is 0.356 bits per heavy atom. The van der Waals surface area contributed by atoms with E-state index in [1.807, 2.05) is 0 Å². The molecule has 0 aliphatic carbocycles. The molecule has 0 saturated carbocycles. The number of hydrogen-bond acceptors (Lipinski definition) is 2. The number of aromatic nitrogens is 2. The second kappa shape index (κ2) is 8.37. The first-order valence-electron chi connectivity index (χ1n) is 15.6. The van der Waals surface area contributed by atoms with Gasteiger partial charge in [-0.3, -0.25) is 0 Å². The van der Waals surface area contributed by atoms with E-state index in [1.165, 1.54) is 84.0 Å². The van der Waals surface area contributed by atoms with Gasteiger partial charge in [0, 0.05) is 44.7 Å². The van der Waals surface area contributed by atoms with Crippen LogP contribution in [0.25, 0.3) is 33.2 Å². The summed E-state index contributed by atoms with van der Waals surface area (Å²) in [6, 6.07) is 55.5. The zero-order valence-electron chi connectivity index (χ0n) is 24.3. The van der Waals surface area contributed by atoms with Crippen molar-refractivity contribution in [2.24, 2.45) is 0 Å². The Kier molecular flexibility index (Phi) is 4.37. The van der Waals surface area contributed by atoms with E-state index in [0.29, 0.717) is 0 Å². The minimum absolute atomic E-state index is 0.0216. The Morgan fingerprint density at radius 2 is 0.756 bits per heavy atom. The van der Waals surface area contributed by atoms with Gasteiger partial charge in [0.05, 0.1) is 33.8 Å². The van der Waals surface area contributed by atoms with Crippen molar-refractivity contribution < 1.29 is 0 Å². The monoisotopic (exact) mass is 572 g/mol. The summed E-state index contributed by atoms with van der Waals surface area (Å²) in [5.74, 6) is 0. The Bertz CT molecular complexity index is 2340. The van der Waals surface area contributed by atoms with Crippen LogP contribution in [0.2, 0.25) is 0 Å². The first kappa shape index (κ1) is 23.5. The molecule has 0 atom stereocenters. The molecule has 0 spiro atoms. The number of para-hydroxylation sites is 6. The molecule has 0 radical (unpaired) electrons. The molecule has 45 heavy (non-hydrogen) atoms. The first-order chi connectivity index (χ1) is 22.4. The van der Waals surface area contributed by atoms with Gasteiger partial charge < -0.3 is 18.9 Å². The quantitative estimate of drug-likeness (QED) is 0.196. The van der Waals surface area contributed by atoms with E-state index in [0.717, 1.165) is 0 Å². The molecule has 5 heteroatoms. The highest BCUT2D eigenvalue weighted by molar-refractivity contribution is 7.00. The minimum Gasteiger partial charge on any atom is -0.317 e. The largest absolute Gasteiger partial charge is 0.317 e. The van der Waals surface area contributed by atoms with Crippen molar-refractivity contribution in [3.63, 3.8) is 0 Å². The summed E-state index contributed by atoms with van der Waals surface area (Å²) in [6.07, 6.45) is 0. The topological polar surface area (TPSA) is 16.3 Å². The van der Waals surface area contributed by atoms with Gasteiger partial charge in [0.2, 0.25) is 0 Å². The maximum absolute atomic E-state index is 2.56. The average Bonchev–Trinajstić information content (AvgIpc) is 3.58. The highest BCUT2D eigenvalue weighted by atomic mass is 15.2. The zero-order valence-corrected chi connectivity index (χ0v) is 24.3. The third-order valence-corrected chi connectivity index (χ3v) is 9.98. The average molecular weight is 572 g/mol. The van der Waals surface area contributed by atoms with Crippen LogP contribution < -0.4 is 26.4 Å². The molecular formula is C40H25BN4. The molecule has 0 fully saturated rings. The highest BCUT2D eigenvalue weighted by Gasteiger charge is 2.50. The molecule has 4 nitrogen and oxygen atoms in total. The number of fused-ring (bicyclic) bond motifs is 9. The van der Waals surface area contributed by atoms with E-state index in [1.54, 1.807) is 0 Å². The fourth-order valence-electron chi connectivity index (χ4n) is 8.41. The summed E-state index contributed by atoms with van der Waals surface area (Å²) in [6.45, 7) is 0.0216. The summed E-state index contributed by atoms with van der Waals surface area (Å²) in [4.78, 5) is 5.02. The van der Waals surface area contributed by atoms with E-state index in [2.05, 4.69) is 171 Å². The minimum atomic E-state index is 0.0216. The molecule has 0 amide bonds.